The summed E-state index contributed by atoms with van der Waals surface area (Å²) in [6.07, 6.45) is -1.29. The summed E-state index contributed by atoms with van der Waals surface area (Å²) in [6, 6.07) is 7.24. The summed E-state index contributed by atoms with van der Waals surface area (Å²) in [5, 5.41) is 0.649. The maximum absolute atomic E-state index is 13.8. The molecule has 22 heavy (non-hydrogen) atoms. The lowest BCUT2D eigenvalue weighted by Gasteiger charge is -2.11. The van der Waals surface area contributed by atoms with E-state index in [1.165, 1.54) is 13.2 Å². The minimum Gasteiger partial charge on any atom is -0.463 e. The summed E-state index contributed by atoms with van der Waals surface area (Å²) >= 11 is 12.3. The molecule has 0 saturated heterocycles. The Bertz CT molecular complexity index is 743. The first-order valence-electron chi connectivity index (χ1n) is 6.20. The van der Waals surface area contributed by atoms with Crippen molar-refractivity contribution in [2.75, 3.05) is 7.11 Å². The number of fused-ring (bicyclic) bond motifs is 1. The van der Waals surface area contributed by atoms with Crippen LogP contribution in [0.3, 0.4) is 0 Å². The molecule has 7 heteroatoms. The molecule has 1 aliphatic rings. The third-order valence-corrected chi connectivity index (χ3v) is 3.73. The Hall–Kier alpha value is -1.98. The molecule has 2 aromatic carbocycles. The van der Waals surface area contributed by atoms with Gasteiger partial charge in [0.05, 0.1) is 17.2 Å². The maximum atomic E-state index is 13.8. The third-order valence-electron chi connectivity index (χ3n) is 3.10. The standard InChI is InChI=1S/C15H9Cl2FO4/c1-20-14(19)15-21-11-6-7(18)5-8(13(11)22-15)12-9(16)3-2-4-10(12)17/h2-6,15H,1H3. The van der Waals surface area contributed by atoms with Crippen LogP contribution in [0.15, 0.2) is 30.3 Å². The van der Waals surface area contributed by atoms with Crippen molar-refractivity contribution in [3.05, 3.63) is 46.2 Å². The average molecular weight is 343 g/mol. The van der Waals surface area contributed by atoms with Crippen LogP contribution in [0.2, 0.25) is 10.0 Å². The lowest BCUT2D eigenvalue weighted by atomic mass is 10.0. The zero-order valence-corrected chi connectivity index (χ0v) is 12.7. The van der Waals surface area contributed by atoms with Gasteiger partial charge in [-0.3, -0.25) is 0 Å². The number of hydrogen-bond acceptors (Lipinski definition) is 4. The van der Waals surface area contributed by atoms with Gasteiger partial charge in [0.2, 0.25) is 0 Å². The molecule has 0 spiro atoms. The van der Waals surface area contributed by atoms with Crippen molar-refractivity contribution in [1.82, 2.24) is 0 Å². The minimum absolute atomic E-state index is 0.0846. The largest absolute Gasteiger partial charge is 0.463 e. The Balaban J connectivity index is 2.15. The maximum Gasteiger partial charge on any atom is 0.389 e. The molecule has 0 aliphatic carbocycles. The first-order chi connectivity index (χ1) is 10.5. The van der Waals surface area contributed by atoms with Crippen LogP contribution in [-0.2, 0) is 9.53 Å². The van der Waals surface area contributed by atoms with Crippen molar-refractivity contribution in [2.45, 2.75) is 6.29 Å². The van der Waals surface area contributed by atoms with Gasteiger partial charge in [0.1, 0.15) is 5.82 Å². The normalized spacial score (nSPS) is 15.7. The fraction of sp³-hybridized carbons (Fsp3) is 0.133. The van der Waals surface area contributed by atoms with E-state index < -0.39 is 18.1 Å². The molecule has 1 aliphatic heterocycles. The van der Waals surface area contributed by atoms with E-state index in [1.807, 2.05) is 0 Å². The SMILES string of the molecule is COC(=O)C1Oc2cc(F)cc(-c3c(Cl)cccc3Cl)c2O1. The first-order valence-corrected chi connectivity index (χ1v) is 6.96. The molecule has 114 valence electrons. The van der Waals surface area contributed by atoms with E-state index in [0.717, 1.165) is 6.07 Å². The van der Waals surface area contributed by atoms with E-state index in [-0.39, 0.29) is 11.5 Å². The van der Waals surface area contributed by atoms with Crippen molar-refractivity contribution in [3.63, 3.8) is 0 Å². The topological polar surface area (TPSA) is 44.8 Å². The second-order valence-electron chi connectivity index (χ2n) is 4.47. The highest BCUT2D eigenvalue weighted by atomic mass is 35.5. The van der Waals surface area contributed by atoms with Crippen molar-refractivity contribution in [1.29, 1.82) is 0 Å². The zero-order chi connectivity index (χ0) is 15.9. The summed E-state index contributed by atoms with van der Waals surface area (Å²) in [4.78, 5) is 11.5. The number of ether oxygens (including phenoxy) is 3. The highest BCUT2D eigenvalue weighted by Gasteiger charge is 2.35. The zero-order valence-electron chi connectivity index (χ0n) is 11.2. The van der Waals surface area contributed by atoms with Gasteiger partial charge in [0.15, 0.2) is 11.5 Å². The molecule has 0 fully saturated rings. The van der Waals surface area contributed by atoms with E-state index >= 15 is 0 Å². The van der Waals surface area contributed by atoms with Crippen LogP contribution in [0, 0.1) is 5.82 Å². The van der Waals surface area contributed by atoms with Crippen LogP contribution in [0.4, 0.5) is 4.39 Å². The Kier molecular flexibility index (Phi) is 3.85. The Morgan fingerprint density at radius 2 is 1.91 bits per heavy atom. The van der Waals surface area contributed by atoms with Crippen molar-refractivity contribution in [3.8, 4) is 22.6 Å². The van der Waals surface area contributed by atoms with Gasteiger partial charge in [0, 0.05) is 17.2 Å². The molecule has 0 amide bonds. The number of esters is 1. The molecule has 1 heterocycles. The van der Waals surface area contributed by atoms with Crippen LogP contribution in [-0.4, -0.2) is 19.4 Å². The first kappa shape index (κ1) is 14.9. The molecular formula is C15H9Cl2FO4. The van der Waals surface area contributed by atoms with Gasteiger partial charge in [0.25, 0.3) is 0 Å². The molecule has 0 bridgehead atoms. The third kappa shape index (κ3) is 2.46. The van der Waals surface area contributed by atoms with Gasteiger partial charge in [-0.15, -0.1) is 0 Å². The van der Waals surface area contributed by atoms with E-state index in [1.54, 1.807) is 18.2 Å². The van der Waals surface area contributed by atoms with E-state index in [2.05, 4.69) is 4.74 Å². The summed E-state index contributed by atoms with van der Waals surface area (Å²) in [5.41, 5.74) is 0.702. The van der Waals surface area contributed by atoms with Gasteiger partial charge in [-0.05, 0) is 18.2 Å². The van der Waals surface area contributed by atoms with Crippen LogP contribution < -0.4 is 9.47 Å². The monoisotopic (exact) mass is 342 g/mol. The molecule has 0 aromatic heterocycles. The van der Waals surface area contributed by atoms with Crippen LogP contribution in [0.1, 0.15) is 0 Å². The molecule has 0 saturated carbocycles. The average Bonchev–Trinajstić information content (AvgIpc) is 2.90. The van der Waals surface area contributed by atoms with E-state index in [0.29, 0.717) is 21.2 Å². The summed E-state index contributed by atoms with van der Waals surface area (Å²) < 4.78 is 29.1. The smallest absolute Gasteiger partial charge is 0.389 e. The van der Waals surface area contributed by atoms with E-state index in [9.17, 15) is 9.18 Å². The molecule has 0 radical (unpaired) electrons. The molecule has 2 aromatic rings. The van der Waals surface area contributed by atoms with Gasteiger partial charge in [-0.25, -0.2) is 9.18 Å². The second kappa shape index (κ2) is 5.66. The second-order valence-corrected chi connectivity index (χ2v) is 5.28. The summed E-state index contributed by atoms with van der Waals surface area (Å²) in [6.45, 7) is 0. The number of benzene rings is 2. The number of rotatable bonds is 2. The fourth-order valence-corrected chi connectivity index (χ4v) is 2.76. The fourth-order valence-electron chi connectivity index (χ4n) is 2.16. The number of methoxy groups -OCH3 is 1. The Morgan fingerprint density at radius 3 is 2.55 bits per heavy atom. The lowest BCUT2D eigenvalue weighted by Crippen LogP contribution is -2.30. The van der Waals surface area contributed by atoms with Crippen LogP contribution >= 0.6 is 23.2 Å². The Labute approximate surface area is 135 Å². The van der Waals surface area contributed by atoms with Crippen molar-refractivity contribution in [2.24, 2.45) is 0 Å². The molecule has 3 rings (SSSR count). The van der Waals surface area contributed by atoms with Gasteiger partial charge < -0.3 is 14.2 Å². The van der Waals surface area contributed by atoms with Crippen LogP contribution in [0.25, 0.3) is 11.1 Å². The Morgan fingerprint density at radius 1 is 1.23 bits per heavy atom. The lowest BCUT2D eigenvalue weighted by molar-refractivity contribution is -0.158. The molecule has 1 atom stereocenters. The number of hydrogen-bond donors (Lipinski definition) is 0. The van der Waals surface area contributed by atoms with E-state index in [4.69, 9.17) is 32.7 Å². The summed E-state index contributed by atoms with van der Waals surface area (Å²) in [7, 11) is 1.20. The van der Waals surface area contributed by atoms with Gasteiger partial charge in [-0.2, -0.15) is 0 Å². The molecule has 0 N–H and O–H groups in total. The minimum atomic E-state index is -1.29. The number of carbonyl (C=O) groups is 1. The number of carbonyl (C=O) groups excluding carboxylic acids is 1. The number of halogens is 3. The highest BCUT2D eigenvalue weighted by molar-refractivity contribution is 6.39. The molecule has 1 unspecified atom stereocenters. The van der Waals surface area contributed by atoms with Crippen molar-refractivity contribution < 1.29 is 23.4 Å². The van der Waals surface area contributed by atoms with Gasteiger partial charge in [-0.1, -0.05) is 29.3 Å². The molecule has 4 nitrogen and oxygen atoms in total. The molecular weight excluding hydrogens is 334 g/mol. The predicted octanol–water partition coefficient (Wildman–Crippen LogP) is 4.07. The highest BCUT2D eigenvalue weighted by Crippen LogP contribution is 2.47. The van der Waals surface area contributed by atoms with Gasteiger partial charge >= 0.3 is 12.3 Å². The predicted molar refractivity (Wildman–Crippen MR) is 78.9 cm³/mol. The summed E-state index contributed by atoms with van der Waals surface area (Å²) in [5.74, 6) is -1.03. The quantitative estimate of drug-likeness (QED) is 0.771. The van der Waals surface area contributed by atoms with Crippen molar-refractivity contribution >= 4 is 29.2 Å². The van der Waals surface area contributed by atoms with Crippen LogP contribution in [0.5, 0.6) is 11.5 Å².